The molecule has 0 amide bonds. The van der Waals surface area contributed by atoms with Crippen molar-refractivity contribution in [2.45, 2.75) is 20.4 Å². The molecule has 0 radical (unpaired) electrons. The van der Waals surface area contributed by atoms with E-state index >= 15 is 0 Å². The van der Waals surface area contributed by atoms with Gasteiger partial charge >= 0.3 is 0 Å². The molecule has 1 heterocycles. The van der Waals surface area contributed by atoms with Crippen molar-refractivity contribution in [1.29, 1.82) is 0 Å². The lowest BCUT2D eigenvalue weighted by Gasteiger charge is -2.04. The highest BCUT2D eigenvalue weighted by molar-refractivity contribution is 9.10. The van der Waals surface area contributed by atoms with Gasteiger partial charge in [-0.2, -0.15) is 0 Å². The topological polar surface area (TPSA) is 38.1 Å². The Morgan fingerprint density at radius 3 is 2.89 bits per heavy atom. The van der Waals surface area contributed by atoms with Crippen LogP contribution in [0.1, 0.15) is 19.7 Å². The van der Waals surface area contributed by atoms with Crippen LogP contribution in [0.5, 0.6) is 0 Å². The van der Waals surface area contributed by atoms with Gasteiger partial charge in [0.25, 0.3) is 0 Å². The minimum absolute atomic E-state index is 0.327. The van der Waals surface area contributed by atoms with Crippen LogP contribution < -0.4 is 5.32 Å². The highest BCUT2D eigenvalue weighted by atomic mass is 79.9. The van der Waals surface area contributed by atoms with Crippen LogP contribution in [0.25, 0.3) is 11.3 Å². The van der Waals surface area contributed by atoms with Gasteiger partial charge in [-0.1, -0.05) is 19.9 Å². The van der Waals surface area contributed by atoms with Crippen molar-refractivity contribution in [3.05, 3.63) is 40.6 Å². The van der Waals surface area contributed by atoms with Crippen LogP contribution in [-0.4, -0.2) is 11.5 Å². The second-order valence-electron chi connectivity index (χ2n) is 4.74. The van der Waals surface area contributed by atoms with Crippen molar-refractivity contribution < 1.29 is 8.81 Å². The van der Waals surface area contributed by atoms with Gasteiger partial charge in [0.1, 0.15) is 5.82 Å². The molecule has 0 bridgehead atoms. The Labute approximate surface area is 120 Å². The van der Waals surface area contributed by atoms with E-state index in [2.05, 4.69) is 40.1 Å². The Bertz CT molecular complexity index is 534. The quantitative estimate of drug-likeness (QED) is 0.902. The molecule has 0 aliphatic carbocycles. The molecule has 0 atom stereocenters. The summed E-state index contributed by atoms with van der Waals surface area (Å²) in [7, 11) is 0. The van der Waals surface area contributed by atoms with Gasteiger partial charge in [-0.25, -0.2) is 9.37 Å². The maximum Gasteiger partial charge on any atom is 0.208 e. The number of oxazole rings is 1. The monoisotopic (exact) mass is 326 g/mol. The first kappa shape index (κ1) is 14.2. The summed E-state index contributed by atoms with van der Waals surface area (Å²) in [6, 6.07) is 4.82. The van der Waals surface area contributed by atoms with Crippen molar-refractivity contribution in [3.63, 3.8) is 0 Å². The molecule has 1 aromatic heterocycles. The Hall–Kier alpha value is -1.20. The molecule has 3 nitrogen and oxygen atoms in total. The van der Waals surface area contributed by atoms with E-state index in [1.165, 1.54) is 6.07 Å². The van der Waals surface area contributed by atoms with E-state index in [0.717, 1.165) is 6.54 Å². The molecule has 2 aromatic rings. The van der Waals surface area contributed by atoms with E-state index in [4.69, 9.17) is 4.42 Å². The van der Waals surface area contributed by atoms with Crippen LogP contribution in [0.15, 0.2) is 33.3 Å². The molecule has 102 valence electrons. The molecule has 2 rings (SSSR count). The Morgan fingerprint density at radius 1 is 1.42 bits per heavy atom. The molecule has 0 fully saturated rings. The van der Waals surface area contributed by atoms with Gasteiger partial charge in [-0.05, 0) is 40.5 Å². The van der Waals surface area contributed by atoms with Crippen molar-refractivity contribution >= 4 is 15.9 Å². The summed E-state index contributed by atoms with van der Waals surface area (Å²) < 4.78 is 20.0. The molecule has 0 spiro atoms. The zero-order chi connectivity index (χ0) is 13.8. The van der Waals surface area contributed by atoms with E-state index in [1.807, 2.05) is 0 Å². The molecular formula is C14H16BrFN2O. The summed E-state index contributed by atoms with van der Waals surface area (Å²) in [5, 5.41) is 3.23. The van der Waals surface area contributed by atoms with Crippen molar-refractivity contribution in [1.82, 2.24) is 10.3 Å². The van der Waals surface area contributed by atoms with Gasteiger partial charge in [-0.3, -0.25) is 0 Å². The van der Waals surface area contributed by atoms with Gasteiger partial charge in [0, 0.05) is 4.47 Å². The van der Waals surface area contributed by atoms with Crippen molar-refractivity contribution in [2.75, 3.05) is 6.54 Å². The second kappa shape index (κ2) is 6.30. The zero-order valence-electron chi connectivity index (χ0n) is 10.9. The molecule has 0 aliphatic heterocycles. The summed E-state index contributed by atoms with van der Waals surface area (Å²) in [5.74, 6) is 1.24. The summed E-state index contributed by atoms with van der Waals surface area (Å²) in [6.07, 6.45) is 1.55. The highest BCUT2D eigenvalue weighted by Gasteiger charge is 2.14. The maximum absolute atomic E-state index is 13.8. The number of nitrogens with one attached hydrogen (secondary N) is 1. The SMILES string of the molecule is CC(C)CNCc1ncc(-c2c(F)cccc2Br)o1. The number of benzene rings is 1. The largest absolute Gasteiger partial charge is 0.439 e. The highest BCUT2D eigenvalue weighted by Crippen LogP contribution is 2.31. The first-order valence-corrected chi connectivity index (χ1v) is 6.97. The normalized spacial score (nSPS) is 11.2. The van der Waals surface area contributed by atoms with Crippen molar-refractivity contribution in [2.24, 2.45) is 5.92 Å². The number of nitrogens with zero attached hydrogens (tertiary/aromatic N) is 1. The molecule has 19 heavy (non-hydrogen) atoms. The Morgan fingerprint density at radius 2 is 2.21 bits per heavy atom. The first-order chi connectivity index (χ1) is 9.08. The van der Waals surface area contributed by atoms with E-state index in [0.29, 0.717) is 34.1 Å². The van der Waals surface area contributed by atoms with Crippen LogP contribution in [0.4, 0.5) is 4.39 Å². The third-order valence-corrected chi connectivity index (χ3v) is 3.25. The summed E-state index contributed by atoms with van der Waals surface area (Å²) >= 11 is 3.32. The lowest BCUT2D eigenvalue weighted by atomic mass is 10.2. The summed E-state index contributed by atoms with van der Waals surface area (Å²) in [6.45, 7) is 5.69. The zero-order valence-corrected chi connectivity index (χ0v) is 12.5. The standard InChI is InChI=1S/C14H16BrFN2O/c1-9(2)6-17-8-13-18-7-12(19-13)14-10(15)4-3-5-11(14)16/h3-5,7,9,17H,6,8H2,1-2H3. The van der Waals surface area contributed by atoms with Crippen LogP contribution in [-0.2, 0) is 6.54 Å². The van der Waals surface area contributed by atoms with Gasteiger partial charge in [-0.15, -0.1) is 0 Å². The minimum Gasteiger partial charge on any atom is -0.439 e. The van der Waals surface area contributed by atoms with Crippen molar-refractivity contribution in [3.8, 4) is 11.3 Å². The second-order valence-corrected chi connectivity index (χ2v) is 5.59. The van der Waals surface area contributed by atoms with Crippen LogP contribution in [0, 0.1) is 11.7 Å². The predicted octanol–water partition coefficient (Wildman–Crippen LogP) is 3.99. The maximum atomic E-state index is 13.8. The molecule has 0 unspecified atom stereocenters. The smallest absolute Gasteiger partial charge is 0.208 e. The predicted molar refractivity (Wildman–Crippen MR) is 76.1 cm³/mol. The van der Waals surface area contributed by atoms with E-state index in [1.54, 1.807) is 18.3 Å². The molecule has 0 saturated heterocycles. The third-order valence-electron chi connectivity index (χ3n) is 2.59. The molecular weight excluding hydrogens is 311 g/mol. The lowest BCUT2D eigenvalue weighted by molar-refractivity contribution is 0.457. The van der Waals surface area contributed by atoms with E-state index in [-0.39, 0.29) is 5.82 Å². The molecule has 1 N–H and O–H groups in total. The van der Waals surface area contributed by atoms with Crippen LogP contribution in [0.3, 0.4) is 0 Å². The Balaban J connectivity index is 2.12. The van der Waals surface area contributed by atoms with Crippen LogP contribution >= 0.6 is 15.9 Å². The van der Waals surface area contributed by atoms with E-state index in [9.17, 15) is 4.39 Å². The number of aromatic nitrogens is 1. The minimum atomic E-state index is -0.327. The lowest BCUT2D eigenvalue weighted by Crippen LogP contribution is -2.18. The first-order valence-electron chi connectivity index (χ1n) is 6.17. The summed E-state index contributed by atoms with van der Waals surface area (Å²) in [4.78, 5) is 4.15. The average molecular weight is 327 g/mol. The number of hydrogen-bond donors (Lipinski definition) is 1. The van der Waals surface area contributed by atoms with Gasteiger partial charge < -0.3 is 9.73 Å². The van der Waals surface area contributed by atoms with Crippen LogP contribution in [0.2, 0.25) is 0 Å². The number of hydrogen-bond acceptors (Lipinski definition) is 3. The van der Waals surface area contributed by atoms with E-state index < -0.39 is 0 Å². The fraction of sp³-hybridized carbons (Fsp3) is 0.357. The summed E-state index contributed by atoms with van der Waals surface area (Å²) in [5.41, 5.74) is 0.408. The number of halogens is 2. The third kappa shape index (κ3) is 3.64. The number of rotatable bonds is 5. The van der Waals surface area contributed by atoms with Gasteiger partial charge in [0.15, 0.2) is 5.76 Å². The molecule has 0 saturated carbocycles. The fourth-order valence-corrected chi connectivity index (χ4v) is 2.25. The van der Waals surface area contributed by atoms with Gasteiger partial charge in [0.2, 0.25) is 5.89 Å². The molecule has 0 aliphatic rings. The Kier molecular flexibility index (Phi) is 4.71. The molecule has 1 aromatic carbocycles. The molecule has 5 heteroatoms. The fourth-order valence-electron chi connectivity index (χ4n) is 1.71. The van der Waals surface area contributed by atoms with Gasteiger partial charge in [0.05, 0.1) is 18.3 Å². The average Bonchev–Trinajstić information content (AvgIpc) is 2.77.